The molecular weight excluding hydrogens is 404 g/mol. The lowest BCUT2D eigenvalue weighted by Gasteiger charge is -2.31. The number of amides is 2. The van der Waals surface area contributed by atoms with Gasteiger partial charge in [-0.05, 0) is 37.0 Å². The Morgan fingerprint density at radius 3 is 2.52 bits per heavy atom. The molecule has 4 nitrogen and oxygen atoms in total. The van der Waals surface area contributed by atoms with Gasteiger partial charge in [0.2, 0.25) is 5.91 Å². The molecule has 0 atom stereocenters. The van der Waals surface area contributed by atoms with E-state index in [9.17, 15) is 9.59 Å². The summed E-state index contributed by atoms with van der Waals surface area (Å²) >= 11 is 8.00. The fraction of sp³-hybridized carbons (Fsp3) is 0.304. The lowest BCUT2D eigenvalue weighted by atomic mass is 9.95. The number of benzene rings is 2. The van der Waals surface area contributed by atoms with Crippen LogP contribution in [0.3, 0.4) is 0 Å². The van der Waals surface area contributed by atoms with E-state index in [-0.39, 0.29) is 17.7 Å². The molecular formula is C23H23ClN2O2S. The SMILES string of the molecule is Cc1cccc2sc(C(=O)N3CCC(C(=O)NCc4ccccc4)CC3)c(Cl)c12. The molecule has 1 aliphatic heterocycles. The minimum atomic E-state index is -0.0529. The second kappa shape index (κ2) is 8.56. The second-order valence-electron chi connectivity index (χ2n) is 7.46. The van der Waals surface area contributed by atoms with E-state index in [0.717, 1.165) is 21.2 Å². The van der Waals surface area contributed by atoms with Crippen LogP contribution in [-0.2, 0) is 11.3 Å². The monoisotopic (exact) mass is 426 g/mol. The van der Waals surface area contributed by atoms with Crippen LogP contribution in [-0.4, -0.2) is 29.8 Å². The van der Waals surface area contributed by atoms with Crippen LogP contribution in [0.5, 0.6) is 0 Å². The molecule has 3 aromatic rings. The third-order valence-corrected chi connectivity index (χ3v) is 7.16. The van der Waals surface area contributed by atoms with E-state index in [4.69, 9.17) is 11.6 Å². The van der Waals surface area contributed by atoms with Crippen molar-refractivity contribution in [1.82, 2.24) is 10.2 Å². The largest absolute Gasteiger partial charge is 0.352 e. The van der Waals surface area contributed by atoms with Gasteiger partial charge in [-0.25, -0.2) is 0 Å². The summed E-state index contributed by atoms with van der Waals surface area (Å²) in [6.07, 6.45) is 1.35. The third kappa shape index (κ3) is 4.16. The second-order valence-corrected chi connectivity index (χ2v) is 8.89. The van der Waals surface area contributed by atoms with Gasteiger partial charge in [0.25, 0.3) is 5.91 Å². The van der Waals surface area contributed by atoms with Crippen molar-refractivity contribution in [3.8, 4) is 0 Å². The number of carbonyl (C=O) groups is 2. The number of aryl methyl sites for hydroxylation is 1. The Balaban J connectivity index is 1.37. The Morgan fingerprint density at radius 1 is 1.10 bits per heavy atom. The number of carbonyl (C=O) groups excluding carboxylic acids is 2. The zero-order chi connectivity index (χ0) is 20.4. The van der Waals surface area contributed by atoms with Crippen LogP contribution in [0.25, 0.3) is 10.1 Å². The normalized spacial score (nSPS) is 14.9. The van der Waals surface area contributed by atoms with E-state index in [1.807, 2.05) is 60.4 Å². The third-order valence-electron chi connectivity index (χ3n) is 5.52. The number of nitrogens with one attached hydrogen (secondary N) is 1. The van der Waals surface area contributed by atoms with Crippen LogP contribution in [0.15, 0.2) is 48.5 Å². The van der Waals surface area contributed by atoms with Crippen molar-refractivity contribution in [3.05, 3.63) is 69.6 Å². The first-order valence-electron chi connectivity index (χ1n) is 9.83. The van der Waals surface area contributed by atoms with E-state index >= 15 is 0 Å². The van der Waals surface area contributed by atoms with E-state index in [0.29, 0.717) is 42.4 Å². The number of hydrogen-bond donors (Lipinski definition) is 1. The molecule has 0 saturated carbocycles. The molecule has 1 saturated heterocycles. The van der Waals surface area contributed by atoms with Crippen LogP contribution in [0, 0.1) is 12.8 Å². The van der Waals surface area contributed by atoms with Crippen LogP contribution < -0.4 is 5.32 Å². The number of hydrogen-bond acceptors (Lipinski definition) is 3. The molecule has 0 unspecified atom stereocenters. The van der Waals surface area contributed by atoms with Gasteiger partial charge in [0.15, 0.2) is 0 Å². The summed E-state index contributed by atoms with van der Waals surface area (Å²) in [5.41, 5.74) is 2.17. The first-order valence-corrected chi connectivity index (χ1v) is 11.0. The predicted octanol–water partition coefficient (Wildman–Crippen LogP) is 5.03. The van der Waals surface area contributed by atoms with E-state index in [1.54, 1.807) is 0 Å². The Morgan fingerprint density at radius 2 is 1.83 bits per heavy atom. The van der Waals surface area contributed by atoms with Gasteiger partial charge in [0.05, 0.1) is 5.02 Å². The van der Waals surface area contributed by atoms with Crippen LogP contribution in [0.1, 0.15) is 33.6 Å². The minimum Gasteiger partial charge on any atom is -0.352 e. The summed E-state index contributed by atoms with van der Waals surface area (Å²) in [5.74, 6) is -0.0156. The van der Waals surface area contributed by atoms with Crippen molar-refractivity contribution in [2.45, 2.75) is 26.3 Å². The van der Waals surface area contributed by atoms with Crippen molar-refractivity contribution in [1.29, 1.82) is 0 Å². The molecule has 1 N–H and O–H groups in total. The number of likely N-dealkylation sites (tertiary alicyclic amines) is 1. The predicted molar refractivity (Wildman–Crippen MR) is 118 cm³/mol. The Bertz CT molecular complexity index is 1040. The van der Waals surface area contributed by atoms with Crippen LogP contribution in [0.2, 0.25) is 5.02 Å². The molecule has 2 aromatic carbocycles. The first kappa shape index (κ1) is 19.9. The minimum absolute atomic E-state index is 0.0289. The van der Waals surface area contributed by atoms with Crippen LogP contribution in [0.4, 0.5) is 0 Å². The van der Waals surface area contributed by atoms with Gasteiger partial charge in [-0.3, -0.25) is 9.59 Å². The molecule has 0 bridgehead atoms. The summed E-state index contributed by atoms with van der Waals surface area (Å²) in [5, 5.41) is 4.54. The molecule has 0 aliphatic carbocycles. The molecule has 4 rings (SSSR count). The van der Waals surface area contributed by atoms with Gasteiger partial charge in [-0.2, -0.15) is 0 Å². The lowest BCUT2D eigenvalue weighted by molar-refractivity contribution is -0.126. The summed E-state index contributed by atoms with van der Waals surface area (Å²) in [6.45, 7) is 3.70. The molecule has 2 amide bonds. The number of piperidine rings is 1. The van der Waals surface area contributed by atoms with Gasteiger partial charge in [0, 0.05) is 35.6 Å². The smallest absolute Gasteiger partial charge is 0.265 e. The highest BCUT2D eigenvalue weighted by atomic mass is 35.5. The summed E-state index contributed by atoms with van der Waals surface area (Å²) in [7, 11) is 0. The van der Waals surface area contributed by atoms with E-state index in [2.05, 4.69) is 5.32 Å². The number of halogens is 1. The standard InChI is InChI=1S/C23H23ClN2O2S/c1-15-6-5-9-18-19(15)20(24)21(29-18)23(28)26-12-10-17(11-13-26)22(27)25-14-16-7-3-2-4-8-16/h2-9,17H,10-14H2,1H3,(H,25,27). The molecule has 1 aromatic heterocycles. The maximum absolute atomic E-state index is 13.0. The molecule has 29 heavy (non-hydrogen) atoms. The van der Waals surface area contributed by atoms with Gasteiger partial charge < -0.3 is 10.2 Å². The van der Waals surface area contributed by atoms with Crippen molar-refractivity contribution >= 4 is 44.8 Å². The molecule has 2 heterocycles. The molecule has 150 valence electrons. The summed E-state index contributed by atoms with van der Waals surface area (Å²) in [4.78, 5) is 28.0. The molecule has 6 heteroatoms. The summed E-state index contributed by atoms with van der Waals surface area (Å²) < 4.78 is 1.04. The zero-order valence-electron chi connectivity index (χ0n) is 16.3. The van der Waals surface area contributed by atoms with Crippen LogP contribution >= 0.6 is 22.9 Å². The fourth-order valence-corrected chi connectivity index (χ4v) is 5.47. The van der Waals surface area contributed by atoms with Crippen molar-refractivity contribution in [2.75, 3.05) is 13.1 Å². The van der Waals surface area contributed by atoms with Crippen molar-refractivity contribution in [2.24, 2.45) is 5.92 Å². The van der Waals surface area contributed by atoms with Crippen molar-refractivity contribution < 1.29 is 9.59 Å². The maximum atomic E-state index is 13.0. The highest BCUT2D eigenvalue weighted by molar-refractivity contribution is 7.21. The first-order chi connectivity index (χ1) is 14.0. The Labute approximate surface area is 179 Å². The van der Waals surface area contributed by atoms with E-state index < -0.39 is 0 Å². The van der Waals surface area contributed by atoms with Gasteiger partial charge in [0.1, 0.15) is 4.88 Å². The van der Waals surface area contributed by atoms with Gasteiger partial charge in [-0.1, -0.05) is 54.1 Å². The molecule has 0 spiro atoms. The molecule has 1 fully saturated rings. The number of rotatable bonds is 4. The zero-order valence-corrected chi connectivity index (χ0v) is 17.9. The average molecular weight is 427 g/mol. The fourth-order valence-electron chi connectivity index (χ4n) is 3.83. The maximum Gasteiger partial charge on any atom is 0.265 e. The van der Waals surface area contributed by atoms with E-state index in [1.165, 1.54) is 11.3 Å². The Hall–Kier alpha value is -2.37. The lowest BCUT2D eigenvalue weighted by Crippen LogP contribution is -2.42. The summed E-state index contributed by atoms with van der Waals surface area (Å²) in [6, 6.07) is 15.9. The number of nitrogens with zero attached hydrogens (tertiary/aromatic N) is 1. The Kier molecular flexibility index (Phi) is 5.88. The molecule has 0 radical (unpaired) electrons. The highest BCUT2D eigenvalue weighted by Crippen LogP contribution is 2.38. The van der Waals surface area contributed by atoms with Gasteiger partial charge in [-0.15, -0.1) is 11.3 Å². The average Bonchev–Trinajstić information content (AvgIpc) is 3.10. The quantitative estimate of drug-likeness (QED) is 0.635. The van der Waals surface area contributed by atoms with Crippen molar-refractivity contribution in [3.63, 3.8) is 0 Å². The topological polar surface area (TPSA) is 49.4 Å². The number of thiophene rings is 1. The van der Waals surface area contributed by atoms with Gasteiger partial charge >= 0.3 is 0 Å². The molecule has 1 aliphatic rings. The highest BCUT2D eigenvalue weighted by Gasteiger charge is 2.30. The number of fused-ring (bicyclic) bond motifs is 1.